The summed E-state index contributed by atoms with van der Waals surface area (Å²) >= 11 is 0. The molecule has 0 aromatic heterocycles. The first-order valence-electron chi connectivity index (χ1n) is 9.11. The highest BCUT2D eigenvalue weighted by molar-refractivity contribution is 5.92. The summed E-state index contributed by atoms with van der Waals surface area (Å²) in [5.41, 5.74) is 2.23. The van der Waals surface area contributed by atoms with Crippen molar-refractivity contribution in [2.75, 3.05) is 19.0 Å². The normalized spacial score (nSPS) is 16.2. The molecule has 2 amide bonds. The number of nitrogens with one attached hydrogen (secondary N) is 1. The average Bonchev–Trinajstić information content (AvgIpc) is 2.80. The maximum atomic E-state index is 13.2. The van der Waals surface area contributed by atoms with Crippen molar-refractivity contribution in [1.82, 2.24) is 4.90 Å². The van der Waals surface area contributed by atoms with Crippen molar-refractivity contribution in [3.05, 3.63) is 59.4 Å². The zero-order chi connectivity index (χ0) is 20.1. The molecule has 0 fully saturated rings. The summed E-state index contributed by atoms with van der Waals surface area (Å²) in [7, 11) is 1.45. The number of carbonyl (C=O) groups excluding carboxylic acids is 2. The molecule has 1 N–H and O–H groups in total. The maximum Gasteiger partial charge on any atom is 0.264 e. The first-order chi connectivity index (χ1) is 13.5. The third-order valence-corrected chi connectivity index (χ3v) is 4.49. The number of halogens is 1. The summed E-state index contributed by atoms with van der Waals surface area (Å²) in [5, 5.41) is 2.76. The van der Waals surface area contributed by atoms with E-state index in [-0.39, 0.29) is 24.2 Å². The molecule has 2 aromatic carbocycles. The van der Waals surface area contributed by atoms with E-state index in [1.807, 2.05) is 6.92 Å². The highest BCUT2D eigenvalue weighted by Gasteiger charge is 2.30. The molecule has 148 valence electrons. The van der Waals surface area contributed by atoms with E-state index < -0.39 is 6.10 Å². The number of anilines is 1. The molecule has 7 heteroatoms. The van der Waals surface area contributed by atoms with Crippen molar-refractivity contribution in [2.24, 2.45) is 0 Å². The van der Waals surface area contributed by atoms with Crippen molar-refractivity contribution in [3.8, 4) is 5.75 Å². The lowest BCUT2D eigenvalue weighted by Gasteiger charge is -2.23. The molecule has 0 spiro atoms. The number of hydrogen-bond acceptors (Lipinski definition) is 4. The van der Waals surface area contributed by atoms with Gasteiger partial charge in [0.25, 0.3) is 5.91 Å². The molecule has 3 rings (SSSR count). The zero-order valence-corrected chi connectivity index (χ0v) is 15.9. The largest absolute Gasteiger partial charge is 0.480 e. The van der Waals surface area contributed by atoms with Crippen LogP contribution in [0.25, 0.3) is 0 Å². The number of rotatable bonds is 6. The predicted molar refractivity (Wildman–Crippen MR) is 102 cm³/mol. The van der Waals surface area contributed by atoms with E-state index >= 15 is 0 Å². The van der Waals surface area contributed by atoms with Gasteiger partial charge < -0.3 is 19.7 Å². The molecule has 0 bridgehead atoms. The van der Waals surface area contributed by atoms with E-state index in [0.717, 1.165) is 11.1 Å². The van der Waals surface area contributed by atoms with E-state index in [9.17, 15) is 14.0 Å². The molecule has 0 radical (unpaired) electrons. The Morgan fingerprint density at radius 1 is 1.29 bits per heavy atom. The molecule has 6 nitrogen and oxygen atoms in total. The molecule has 28 heavy (non-hydrogen) atoms. The van der Waals surface area contributed by atoms with Crippen molar-refractivity contribution in [1.29, 1.82) is 0 Å². The molecule has 2 aromatic rings. The first kappa shape index (κ1) is 19.8. The summed E-state index contributed by atoms with van der Waals surface area (Å²) in [5.74, 6) is -0.0790. The Balaban J connectivity index is 1.86. The van der Waals surface area contributed by atoms with Gasteiger partial charge in [-0.15, -0.1) is 0 Å². The monoisotopic (exact) mass is 386 g/mol. The van der Waals surface area contributed by atoms with Crippen LogP contribution in [0.2, 0.25) is 0 Å². The van der Waals surface area contributed by atoms with Crippen molar-refractivity contribution in [2.45, 2.75) is 32.5 Å². The Morgan fingerprint density at radius 2 is 2.04 bits per heavy atom. The Hall–Kier alpha value is -2.93. The van der Waals surface area contributed by atoms with E-state index in [2.05, 4.69) is 5.32 Å². The SMILES string of the molecule is CC[C@H]1Oc2ccc(NC(=O)COC)cc2CN(Cc2ccc(F)cc2)C1=O. The van der Waals surface area contributed by atoms with E-state index in [0.29, 0.717) is 30.9 Å². The number of fused-ring (bicyclic) bond motifs is 1. The fraction of sp³-hybridized carbons (Fsp3) is 0.333. The van der Waals surface area contributed by atoms with Gasteiger partial charge in [-0.3, -0.25) is 9.59 Å². The first-order valence-corrected chi connectivity index (χ1v) is 9.11. The van der Waals surface area contributed by atoms with Gasteiger partial charge in [0.1, 0.15) is 18.2 Å². The van der Waals surface area contributed by atoms with Gasteiger partial charge in [-0.05, 0) is 42.3 Å². The number of carbonyl (C=O) groups is 2. The third kappa shape index (κ3) is 4.67. The molecule has 1 aliphatic rings. The Kier molecular flexibility index (Phi) is 6.26. The Labute approximate surface area is 163 Å². The molecule has 0 aliphatic carbocycles. The average molecular weight is 386 g/mol. The summed E-state index contributed by atoms with van der Waals surface area (Å²) in [6, 6.07) is 11.4. The smallest absolute Gasteiger partial charge is 0.264 e. The lowest BCUT2D eigenvalue weighted by Crippen LogP contribution is -2.38. The molecule has 0 unspecified atom stereocenters. The number of methoxy groups -OCH3 is 1. The van der Waals surface area contributed by atoms with Gasteiger partial charge in [0.2, 0.25) is 5.91 Å². The van der Waals surface area contributed by atoms with Crippen LogP contribution in [0.3, 0.4) is 0 Å². The Morgan fingerprint density at radius 3 is 2.71 bits per heavy atom. The fourth-order valence-corrected chi connectivity index (χ4v) is 3.12. The number of hydrogen-bond donors (Lipinski definition) is 1. The van der Waals surface area contributed by atoms with Crippen LogP contribution in [-0.2, 0) is 27.4 Å². The van der Waals surface area contributed by atoms with Crippen LogP contribution in [0.4, 0.5) is 10.1 Å². The Bertz CT molecular complexity index is 854. The standard InChI is InChI=1S/C21H23FN2O4/c1-3-18-21(26)24(11-14-4-6-16(22)7-5-14)12-15-10-17(8-9-19(15)28-18)23-20(25)13-27-2/h4-10,18H,3,11-13H2,1-2H3,(H,23,25)/t18-/m1/s1. The number of nitrogens with zero attached hydrogens (tertiary/aromatic N) is 1. The lowest BCUT2D eigenvalue weighted by molar-refractivity contribution is -0.139. The second-order valence-electron chi connectivity index (χ2n) is 6.64. The van der Waals surface area contributed by atoms with Gasteiger partial charge in [0, 0.05) is 31.5 Å². The van der Waals surface area contributed by atoms with Crippen LogP contribution >= 0.6 is 0 Å². The second-order valence-corrected chi connectivity index (χ2v) is 6.64. The van der Waals surface area contributed by atoms with Crippen LogP contribution in [-0.4, -0.2) is 36.5 Å². The van der Waals surface area contributed by atoms with Gasteiger partial charge in [-0.25, -0.2) is 4.39 Å². The summed E-state index contributed by atoms with van der Waals surface area (Å²) in [6.45, 7) is 2.53. The van der Waals surface area contributed by atoms with Crippen molar-refractivity contribution in [3.63, 3.8) is 0 Å². The highest BCUT2D eigenvalue weighted by Crippen LogP contribution is 2.30. The number of ether oxygens (including phenoxy) is 2. The summed E-state index contributed by atoms with van der Waals surface area (Å²) < 4.78 is 23.9. The van der Waals surface area contributed by atoms with Crippen LogP contribution in [0, 0.1) is 5.82 Å². The summed E-state index contributed by atoms with van der Waals surface area (Å²) in [4.78, 5) is 26.4. The van der Waals surface area contributed by atoms with Crippen LogP contribution in [0.5, 0.6) is 5.75 Å². The molecular weight excluding hydrogens is 363 g/mol. The van der Waals surface area contributed by atoms with Crippen LogP contribution in [0.15, 0.2) is 42.5 Å². The predicted octanol–water partition coefficient (Wildman–Crippen LogP) is 3.11. The third-order valence-electron chi connectivity index (χ3n) is 4.49. The van der Waals surface area contributed by atoms with Gasteiger partial charge in [0.15, 0.2) is 6.10 Å². The lowest BCUT2D eigenvalue weighted by atomic mass is 10.1. The van der Waals surface area contributed by atoms with Crippen molar-refractivity contribution < 1.29 is 23.5 Å². The van der Waals surface area contributed by atoms with Crippen molar-refractivity contribution >= 4 is 17.5 Å². The van der Waals surface area contributed by atoms with Gasteiger partial charge >= 0.3 is 0 Å². The van der Waals surface area contributed by atoms with Gasteiger partial charge in [0.05, 0.1) is 0 Å². The highest BCUT2D eigenvalue weighted by atomic mass is 19.1. The second kappa shape index (κ2) is 8.84. The molecule has 1 atom stereocenters. The van der Waals surface area contributed by atoms with Crippen LogP contribution < -0.4 is 10.1 Å². The summed E-state index contributed by atoms with van der Waals surface area (Å²) in [6.07, 6.45) is -0.0551. The molecule has 0 saturated carbocycles. The van der Waals surface area contributed by atoms with Gasteiger partial charge in [-0.1, -0.05) is 19.1 Å². The topological polar surface area (TPSA) is 67.9 Å². The number of amides is 2. The minimum Gasteiger partial charge on any atom is -0.480 e. The minimum atomic E-state index is -0.587. The molecule has 0 saturated heterocycles. The molecule has 1 aliphatic heterocycles. The minimum absolute atomic E-state index is 0.0410. The van der Waals surface area contributed by atoms with Crippen LogP contribution in [0.1, 0.15) is 24.5 Å². The quantitative estimate of drug-likeness (QED) is 0.828. The molecular formula is C21H23FN2O4. The maximum absolute atomic E-state index is 13.2. The van der Waals surface area contributed by atoms with E-state index in [4.69, 9.17) is 9.47 Å². The van der Waals surface area contributed by atoms with Gasteiger partial charge in [-0.2, -0.15) is 0 Å². The van der Waals surface area contributed by atoms with E-state index in [1.54, 1.807) is 35.2 Å². The number of benzene rings is 2. The van der Waals surface area contributed by atoms with E-state index in [1.165, 1.54) is 19.2 Å². The fourth-order valence-electron chi connectivity index (χ4n) is 3.12. The molecule has 1 heterocycles. The zero-order valence-electron chi connectivity index (χ0n) is 15.9.